The lowest BCUT2D eigenvalue weighted by Crippen LogP contribution is -2.92. The van der Waals surface area contributed by atoms with Crippen molar-refractivity contribution in [1.82, 2.24) is 5.32 Å². The van der Waals surface area contributed by atoms with Crippen LogP contribution in [0.25, 0.3) is 11.0 Å². The van der Waals surface area contributed by atoms with Gasteiger partial charge in [0.05, 0.1) is 30.3 Å². The fourth-order valence-corrected chi connectivity index (χ4v) is 15.9. The van der Waals surface area contributed by atoms with Crippen molar-refractivity contribution in [3.05, 3.63) is 47.8 Å². The van der Waals surface area contributed by atoms with Crippen LogP contribution in [0.2, 0.25) is 0 Å². The number of carbonyl (C=O) groups excluding carboxylic acids is 1. The smallest absolute Gasteiger partial charge is 0.306 e. The molecule has 15 unspecified atom stereocenters. The predicted molar refractivity (Wildman–Crippen MR) is 240 cm³/mol. The van der Waals surface area contributed by atoms with Gasteiger partial charge in [0, 0.05) is 54.5 Å². The molecule has 5 aliphatic heterocycles. The van der Waals surface area contributed by atoms with Gasteiger partial charge < -0.3 is 59.3 Å². The van der Waals surface area contributed by atoms with E-state index in [1.807, 2.05) is 12.1 Å². The second kappa shape index (κ2) is 17.7. The Balaban J connectivity index is 1.38. The van der Waals surface area contributed by atoms with Crippen LogP contribution in [0.4, 0.5) is 0 Å². The molecule has 348 valence electrons. The summed E-state index contributed by atoms with van der Waals surface area (Å²) in [7, 11) is 3.20. The minimum absolute atomic E-state index is 0.0104. The minimum Gasteiger partial charge on any atom is -0.481 e. The topological polar surface area (TPSA) is 201 Å². The van der Waals surface area contributed by atoms with E-state index in [4.69, 9.17) is 23.4 Å². The summed E-state index contributed by atoms with van der Waals surface area (Å²) in [6, 6.07) is 3.79. The monoisotopic (exact) mass is 913 g/mol. The predicted octanol–water partition coefficient (Wildman–Crippen LogP) is 5.60. The zero-order chi connectivity index (χ0) is 44.5. The zero-order valence-corrected chi connectivity index (χ0v) is 38.6. The van der Waals surface area contributed by atoms with Crippen LogP contribution in [-0.4, -0.2) is 120 Å². The molecule has 0 radical (unpaired) electrons. The Kier molecular flexibility index (Phi) is 12.9. The van der Waals surface area contributed by atoms with Crippen LogP contribution >= 0.6 is 21.6 Å². The Bertz CT molecular complexity index is 2060. The number of rotatable bonds is 8. The molecule has 2 aliphatic carbocycles. The van der Waals surface area contributed by atoms with Crippen molar-refractivity contribution in [1.29, 1.82) is 0 Å². The van der Waals surface area contributed by atoms with Crippen LogP contribution in [0.5, 0.6) is 11.5 Å². The minimum atomic E-state index is -2.54. The summed E-state index contributed by atoms with van der Waals surface area (Å²) in [5, 5.41) is 80.6. The first kappa shape index (κ1) is 45.8. The number of hydrogen-bond acceptors (Lipinski definition) is 15. The van der Waals surface area contributed by atoms with Gasteiger partial charge in [0.2, 0.25) is 5.75 Å². The van der Waals surface area contributed by atoms with Crippen LogP contribution in [-0.2, 0) is 20.7 Å². The fraction of sp³-hybridized carbons (Fsp3) is 0.729. The largest absolute Gasteiger partial charge is 0.481 e. The van der Waals surface area contributed by atoms with Crippen molar-refractivity contribution in [2.75, 3.05) is 25.5 Å². The van der Waals surface area contributed by atoms with Crippen LogP contribution in [0.15, 0.2) is 46.6 Å². The summed E-state index contributed by atoms with van der Waals surface area (Å²) >= 11 is 0. The molecule has 9 rings (SSSR count). The van der Waals surface area contributed by atoms with E-state index in [0.717, 1.165) is 37.7 Å². The number of carbonyl (C=O) groups is 1. The molecule has 4 fully saturated rings. The normalized spacial score (nSPS) is 42.3. The lowest BCUT2D eigenvalue weighted by atomic mass is 9.46. The molecular weight excluding hydrogens is 847 g/mol. The number of hydrogen-bond donors (Lipinski definition) is 7. The number of aliphatic hydroxyl groups is 6. The van der Waals surface area contributed by atoms with Gasteiger partial charge in [-0.1, -0.05) is 79.3 Å². The maximum atomic E-state index is 14.0. The van der Waals surface area contributed by atoms with E-state index in [-0.39, 0.29) is 55.7 Å². The van der Waals surface area contributed by atoms with Crippen LogP contribution in [0.1, 0.15) is 97.5 Å². The summed E-state index contributed by atoms with van der Waals surface area (Å²) in [4.78, 5) is 13.1. The van der Waals surface area contributed by atoms with E-state index in [1.54, 1.807) is 53.0 Å². The Morgan fingerprint density at radius 3 is 2.70 bits per heavy atom. The third kappa shape index (κ3) is 7.51. The van der Waals surface area contributed by atoms with Crippen molar-refractivity contribution in [2.45, 2.75) is 157 Å². The first-order valence-electron chi connectivity index (χ1n) is 23.5. The molecule has 3 saturated heterocycles. The van der Waals surface area contributed by atoms with Crippen molar-refractivity contribution < 1.29 is 58.8 Å². The molecule has 63 heavy (non-hydrogen) atoms. The van der Waals surface area contributed by atoms with Gasteiger partial charge in [-0.15, -0.1) is 0 Å². The van der Waals surface area contributed by atoms with Gasteiger partial charge in [-0.2, -0.15) is 0 Å². The number of fused-ring (bicyclic) bond motifs is 12. The third-order valence-corrected chi connectivity index (χ3v) is 18.6. The van der Waals surface area contributed by atoms with Crippen LogP contribution in [0, 0.1) is 35.5 Å². The van der Waals surface area contributed by atoms with Gasteiger partial charge in [0.1, 0.15) is 23.4 Å². The number of esters is 1. The van der Waals surface area contributed by atoms with Crippen LogP contribution < -0.4 is 14.8 Å². The average Bonchev–Trinajstić information content (AvgIpc) is 3.71. The van der Waals surface area contributed by atoms with Crippen molar-refractivity contribution >= 4 is 38.5 Å². The second-order valence-electron chi connectivity index (χ2n) is 20.1. The Morgan fingerprint density at radius 1 is 1.10 bits per heavy atom. The molecular formula is C48H67NO12S2. The van der Waals surface area contributed by atoms with E-state index in [0.29, 0.717) is 53.5 Å². The zero-order valence-electron chi connectivity index (χ0n) is 36.9. The highest BCUT2D eigenvalue weighted by atomic mass is 33.1. The maximum absolute atomic E-state index is 14.0. The Morgan fingerprint density at radius 2 is 1.92 bits per heavy atom. The van der Waals surface area contributed by atoms with E-state index < -0.39 is 82.6 Å². The number of nitrogens with one attached hydrogen (secondary N) is 1. The molecule has 0 amide bonds. The quantitative estimate of drug-likeness (QED) is 0.0981. The summed E-state index contributed by atoms with van der Waals surface area (Å²) in [5.41, 5.74) is -5.01. The van der Waals surface area contributed by atoms with Crippen molar-refractivity contribution in [2.24, 2.45) is 35.5 Å². The third-order valence-electron chi connectivity index (χ3n) is 15.7. The number of allylic oxidation sites excluding steroid dienone is 1. The number of aliphatic hydroxyl groups excluding tert-OH is 4. The van der Waals surface area contributed by atoms with Crippen molar-refractivity contribution in [3.8, 4) is 11.5 Å². The number of ether oxygens (including phenoxy) is 4. The average molecular weight is 914 g/mol. The van der Waals surface area contributed by atoms with Crippen LogP contribution in [0.3, 0.4) is 0 Å². The molecule has 13 nitrogen and oxygen atoms in total. The van der Waals surface area contributed by atoms with E-state index >= 15 is 0 Å². The molecule has 8 bridgehead atoms. The molecule has 7 aliphatic rings. The molecule has 2 aromatic rings. The lowest BCUT2D eigenvalue weighted by Gasteiger charge is -2.73. The molecule has 2 spiro atoms. The van der Waals surface area contributed by atoms with Gasteiger partial charge in [-0.05, 0) is 93.4 Å². The van der Waals surface area contributed by atoms with Gasteiger partial charge in [-0.25, -0.2) is 0 Å². The summed E-state index contributed by atoms with van der Waals surface area (Å²) < 4.78 is 34.0. The summed E-state index contributed by atoms with van der Waals surface area (Å²) in [6.07, 6.45) is 7.50. The Labute approximate surface area is 378 Å². The first-order valence-corrected chi connectivity index (χ1v) is 25.8. The SMILES string of the molecule is CCOC(=O)CCc1cc2ccoc2c2c1OC13C=C4CC(CCC(C)C)C(CNC5CCC(C)CCCC(O)C(O1)(C4SSC5)C1(O)CC4C=CC(O)C(CO)C4C3(O)C1O)O2. The van der Waals surface area contributed by atoms with E-state index in [1.165, 1.54) is 0 Å². The van der Waals surface area contributed by atoms with Crippen molar-refractivity contribution in [3.63, 3.8) is 0 Å². The second-order valence-corrected chi connectivity index (χ2v) is 22.6. The lowest BCUT2D eigenvalue weighted by molar-refractivity contribution is -0.458. The van der Waals surface area contributed by atoms with E-state index in [9.17, 15) is 35.4 Å². The summed E-state index contributed by atoms with van der Waals surface area (Å²) in [6.45, 7) is 8.56. The Hall–Kier alpha value is -2.31. The van der Waals surface area contributed by atoms with Gasteiger partial charge in [0.25, 0.3) is 5.79 Å². The number of aryl methyl sites for hydroxylation is 1. The molecule has 1 saturated carbocycles. The van der Waals surface area contributed by atoms with E-state index in [2.05, 4.69) is 26.1 Å². The van der Waals surface area contributed by atoms with Gasteiger partial charge >= 0.3 is 5.97 Å². The standard InChI is InChI=1S/C48H67NO12S2/c1-5-57-38(53)16-13-29-20-30-17-18-58-40(30)42-41(29)60-46-22-32-19-28(11-9-26(2)3)36(59-42)23-49-33-14-10-27(4)7-6-8-37(52)48(61-46,43(32)63-62-25-33)45(55)21-31-12-15-35(51)34(24-50)39(31)47(46,56)44(45)54/h12,15,17-18,20,22,26-28,31,33-37,39,43-44,49-52,54-56H,5-11,13-14,16,19,21,23-25H2,1-4H3. The first-order chi connectivity index (χ1) is 30.2. The van der Waals surface area contributed by atoms with Gasteiger partial charge in [0.15, 0.2) is 16.9 Å². The number of furan rings is 1. The fourth-order valence-electron chi connectivity index (χ4n) is 12.4. The molecule has 6 heterocycles. The molecule has 1 aromatic carbocycles. The molecule has 15 heteroatoms. The summed E-state index contributed by atoms with van der Waals surface area (Å²) in [5.74, 6) is -3.87. The maximum Gasteiger partial charge on any atom is 0.306 e. The molecule has 1 aromatic heterocycles. The molecule has 7 N–H and O–H groups in total. The highest BCUT2D eigenvalue weighted by molar-refractivity contribution is 8.77. The highest BCUT2D eigenvalue weighted by Crippen LogP contribution is 2.69. The highest BCUT2D eigenvalue weighted by Gasteiger charge is 2.85. The van der Waals surface area contributed by atoms with Gasteiger partial charge in [-0.3, -0.25) is 4.79 Å². The number of benzene rings is 1. The molecule has 15 atom stereocenters.